The van der Waals surface area contributed by atoms with Crippen LogP contribution in [-0.2, 0) is 6.42 Å². The molecule has 0 radical (unpaired) electrons. The summed E-state index contributed by atoms with van der Waals surface area (Å²) in [5, 5.41) is 11.7. The van der Waals surface area contributed by atoms with Gasteiger partial charge in [-0.3, -0.25) is 4.90 Å². The first-order chi connectivity index (χ1) is 13.1. The Balaban J connectivity index is 1.70. The summed E-state index contributed by atoms with van der Waals surface area (Å²) in [6, 6.07) is 31.9. The third-order valence-corrected chi connectivity index (χ3v) is 5.87. The van der Waals surface area contributed by atoms with Gasteiger partial charge in [0.1, 0.15) is 0 Å². The molecule has 0 unspecified atom stereocenters. The van der Waals surface area contributed by atoms with Crippen LogP contribution in [0.25, 0.3) is 0 Å². The van der Waals surface area contributed by atoms with Crippen LogP contribution in [-0.4, -0.2) is 22.7 Å². The number of benzene rings is 3. The van der Waals surface area contributed by atoms with Gasteiger partial charge in [0.2, 0.25) is 0 Å². The average molecular weight is 357 g/mol. The SMILES string of the molecule is CN1[C@H](c2ccccc2)CC(O)(Cc2ccccc2)C[C@H]1c1ccccc1. The summed E-state index contributed by atoms with van der Waals surface area (Å²) in [6.45, 7) is 0. The van der Waals surface area contributed by atoms with Crippen LogP contribution in [0.4, 0.5) is 0 Å². The number of aliphatic hydroxyl groups is 1. The van der Waals surface area contributed by atoms with Crippen molar-refractivity contribution in [2.45, 2.75) is 36.9 Å². The predicted octanol–water partition coefficient (Wildman–Crippen LogP) is 5.17. The lowest BCUT2D eigenvalue weighted by atomic mass is 9.75. The minimum absolute atomic E-state index is 0.193. The second kappa shape index (κ2) is 7.67. The Labute approximate surface area is 162 Å². The molecule has 1 saturated heterocycles. The van der Waals surface area contributed by atoms with E-state index in [4.69, 9.17) is 0 Å². The Morgan fingerprint density at radius 3 is 1.59 bits per heavy atom. The zero-order chi connectivity index (χ0) is 18.7. The number of rotatable bonds is 4. The first-order valence-electron chi connectivity index (χ1n) is 9.73. The Morgan fingerprint density at radius 2 is 1.15 bits per heavy atom. The molecule has 1 aliphatic heterocycles. The maximum Gasteiger partial charge on any atom is 0.0724 e. The molecular formula is C25H27NO. The molecule has 0 saturated carbocycles. The van der Waals surface area contributed by atoms with E-state index in [1.54, 1.807) is 0 Å². The number of likely N-dealkylation sites (tertiary alicyclic amines) is 1. The number of hydrogen-bond donors (Lipinski definition) is 1. The van der Waals surface area contributed by atoms with Gasteiger partial charge in [0.25, 0.3) is 0 Å². The molecule has 0 spiro atoms. The maximum atomic E-state index is 11.7. The maximum absolute atomic E-state index is 11.7. The van der Waals surface area contributed by atoms with Crippen molar-refractivity contribution in [2.75, 3.05) is 7.05 Å². The van der Waals surface area contributed by atoms with Crippen LogP contribution in [0.3, 0.4) is 0 Å². The van der Waals surface area contributed by atoms with Crippen molar-refractivity contribution in [3.8, 4) is 0 Å². The first kappa shape index (κ1) is 18.0. The van der Waals surface area contributed by atoms with Gasteiger partial charge in [-0.2, -0.15) is 0 Å². The Kier molecular flexibility index (Phi) is 5.11. The highest BCUT2D eigenvalue weighted by Gasteiger charge is 2.43. The first-order valence-corrected chi connectivity index (χ1v) is 9.73. The van der Waals surface area contributed by atoms with Crippen LogP contribution in [0.1, 0.15) is 41.6 Å². The van der Waals surface area contributed by atoms with Gasteiger partial charge in [0.15, 0.2) is 0 Å². The minimum Gasteiger partial charge on any atom is -0.389 e. The molecule has 3 aromatic rings. The zero-order valence-corrected chi connectivity index (χ0v) is 15.8. The van der Waals surface area contributed by atoms with Crippen LogP contribution >= 0.6 is 0 Å². The van der Waals surface area contributed by atoms with E-state index in [0.717, 1.165) is 12.8 Å². The van der Waals surface area contributed by atoms with Crippen molar-refractivity contribution in [3.05, 3.63) is 108 Å². The van der Waals surface area contributed by atoms with Crippen molar-refractivity contribution in [1.82, 2.24) is 4.90 Å². The quantitative estimate of drug-likeness (QED) is 0.696. The topological polar surface area (TPSA) is 23.5 Å². The Hall–Kier alpha value is -2.42. The van der Waals surface area contributed by atoms with Crippen molar-refractivity contribution >= 4 is 0 Å². The highest BCUT2D eigenvalue weighted by molar-refractivity contribution is 5.27. The van der Waals surface area contributed by atoms with Gasteiger partial charge in [0.05, 0.1) is 5.60 Å². The number of nitrogens with zero attached hydrogens (tertiary/aromatic N) is 1. The molecule has 2 atom stereocenters. The Morgan fingerprint density at radius 1 is 0.741 bits per heavy atom. The van der Waals surface area contributed by atoms with Gasteiger partial charge >= 0.3 is 0 Å². The fraction of sp³-hybridized carbons (Fsp3) is 0.280. The third kappa shape index (κ3) is 3.97. The molecule has 1 N–H and O–H groups in total. The van der Waals surface area contributed by atoms with Gasteiger partial charge in [-0.15, -0.1) is 0 Å². The fourth-order valence-corrected chi connectivity index (χ4v) is 4.48. The molecule has 0 aromatic heterocycles. The monoisotopic (exact) mass is 357 g/mol. The summed E-state index contributed by atoms with van der Waals surface area (Å²) < 4.78 is 0. The van der Waals surface area contributed by atoms with Crippen LogP contribution in [0.2, 0.25) is 0 Å². The average Bonchev–Trinajstić information content (AvgIpc) is 2.72. The summed E-state index contributed by atoms with van der Waals surface area (Å²) in [4.78, 5) is 2.43. The summed E-state index contributed by atoms with van der Waals surface area (Å²) >= 11 is 0. The van der Waals surface area contributed by atoms with Crippen LogP contribution in [0.5, 0.6) is 0 Å². The predicted molar refractivity (Wildman–Crippen MR) is 110 cm³/mol. The number of piperidine rings is 1. The molecule has 138 valence electrons. The lowest BCUT2D eigenvalue weighted by molar-refractivity contribution is -0.0682. The van der Waals surface area contributed by atoms with E-state index in [1.165, 1.54) is 16.7 Å². The van der Waals surface area contributed by atoms with E-state index in [-0.39, 0.29) is 12.1 Å². The highest BCUT2D eigenvalue weighted by atomic mass is 16.3. The Bertz CT molecular complexity index is 798. The summed E-state index contributed by atoms with van der Waals surface area (Å²) in [5.41, 5.74) is 3.01. The minimum atomic E-state index is -0.727. The van der Waals surface area contributed by atoms with E-state index < -0.39 is 5.60 Å². The standard InChI is InChI=1S/C25H27NO/c1-26-23(21-13-7-3-8-14-21)18-25(27,17-20-11-5-2-6-12-20)19-24(26)22-15-9-4-10-16-22/h2-16,23-24,27H,17-19H2,1H3/t23-,24-/m0/s1. The van der Waals surface area contributed by atoms with E-state index in [9.17, 15) is 5.11 Å². The zero-order valence-electron chi connectivity index (χ0n) is 15.8. The molecule has 0 aliphatic carbocycles. The summed E-state index contributed by atoms with van der Waals surface area (Å²) in [5.74, 6) is 0. The largest absolute Gasteiger partial charge is 0.389 e. The molecule has 1 heterocycles. The van der Waals surface area contributed by atoms with Crippen LogP contribution in [0, 0.1) is 0 Å². The van der Waals surface area contributed by atoms with Gasteiger partial charge in [-0.05, 0) is 36.6 Å². The summed E-state index contributed by atoms with van der Waals surface area (Å²) in [6.07, 6.45) is 2.17. The molecule has 1 fully saturated rings. The molecule has 0 bridgehead atoms. The van der Waals surface area contributed by atoms with E-state index >= 15 is 0 Å². The molecule has 2 heteroatoms. The van der Waals surface area contributed by atoms with E-state index in [1.807, 2.05) is 6.07 Å². The molecule has 4 rings (SSSR count). The van der Waals surface area contributed by atoms with Gasteiger partial charge in [-0.1, -0.05) is 91.0 Å². The molecule has 0 amide bonds. The number of hydrogen-bond acceptors (Lipinski definition) is 2. The van der Waals surface area contributed by atoms with Crippen molar-refractivity contribution in [1.29, 1.82) is 0 Å². The van der Waals surface area contributed by atoms with E-state index in [2.05, 4.69) is 96.9 Å². The molecule has 27 heavy (non-hydrogen) atoms. The van der Waals surface area contributed by atoms with Gasteiger partial charge in [0, 0.05) is 18.5 Å². The lowest BCUT2D eigenvalue weighted by Gasteiger charge is -2.48. The molecular weight excluding hydrogens is 330 g/mol. The second-order valence-electron chi connectivity index (χ2n) is 7.81. The third-order valence-electron chi connectivity index (χ3n) is 5.87. The second-order valence-corrected chi connectivity index (χ2v) is 7.81. The molecule has 3 aromatic carbocycles. The molecule has 1 aliphatic rings. The van der Waals surface area contributed by atoms with Crippen LogP contribution < -0.4 is 0 Å². The molecule has 2 nitrogen and oxygen atoms in total. The van der Waals surface area contributed by atoms with Gasteiger partial charge in [-0.25, -0.2) is 0 Å². The van der Waals surface area contributed by atoms with Crippen molar-refractivity contribution < 1.29 is 5.11 Å². The van der Waals surface area contributed by atoms with Gasteiger partial charge < -0.3 is 5.11 Å². The highest BCUT2D eigenvalue weighted by Crippen LogP contribution is 2.46. The summed E-state index contributed by atoms with van der Waals surface area (Å²) in [7, 11) is 2.19. The van der Waals surface area contributed by atoms with Crippen molar-refractivity contribution in [2.24, 2.45) is 0 Å². The fourth-order valence-electron chi connectivity index (χ4n) is 4.48. The lowest BCUT2D eigenvalue weighted by Crippen LogP contribution is -2.47. The van der Waals surface area contributed by atoms with Crippen molar-refractivity contribution in [3.63, 3.8) is 0 Å². The van der Waals surface area contributed by atoms with E-state index in [0.29, 0.717) is 6.42 Å². The normalized spacial score (nSPS) is 26.0. The van der Waals surface area contributed by atoms with Crippen LogP contribution in [0.15, 0.2) is 91.0 Å². The smallest absolute Gasteiger partial charge is 0.0724 e.